The molecule has 2 N–H and O–H groups in total. The number of ether oxygens (including phenoxy) is 2. The monoisotopic (exact) mass is 397 g/mol. The Labute approximate surface area is 166 Å². The lowest BCUT2D eigenvalue weighted by Crippen LogP contribution is -2.17. The number of nitrogens with one attached hydrogen (secondary N) is 1. The molecule has 2 aromatic carbocycles. The summed E-state index contributed by atoms with van der Waals surface area (Å²) in [4.78, 5) is 45.9. The summed E-state index contributed by atoms with van der Waals surface area (Å²) in [6, 6.07) is 11.1. The number of amides is 1. The normalized spacial score (nSPS) is 10.4. The van der Waals surface area contributed by atoms with Gasteiger partial charge < -0.3 is 19.9 Å². The highest BCUT2D eigenvalue weighted by Gasteiger charge is 2.18. The molecule has 0 bridgehead atoms. The van der Waals surface area contributed by atoms with E-state index in [0.29, 0.717) is 22.7 Å². The van der Waals surface area contributed by atoms with Gasteiger partial charge >= 0.3 is 5.97 Å². The van der Waals surface area contributed by atoms with Gasteiger partial charge in [-0.15, -0.1) is 0 Å². The Balaban J connectivity index is 2.05. The smallest absolute Gasteiger partial charge is 0.372 e. The SMILES string of the molecule is COc1ccc(C=CC(=O)Nc2cccc(C(=O)CC(=O)C(=O)O)c2)cc1OC. The number of rotatable bonds is 9. The van der Waals surface area contributed by atoms with Crippen LogP contribution in [0.2, 0.25) is 0 Å². The van der Waals surface area contributed by atoms with Crippen molar-refractivity contribution >= 4 is 35.2 Å². The number of aliphatic carboxylic acids is 1. The molecule has 2 rings (SSSR count). The summed E-state index contributed by atoms with van der Waals surface area (Å²) in [6.45, 7) is 0. The van der Waals surface area contributed by atoms with Gasteiger partial charge in [-0.25, -0.2) is 4.79 Å². The van der Waals surface area contributed by atoms with E-state index in [1.54, 1.807) is 30.3 Å². The van der Waals surface area contributed by atoms with E-state index in [2.05, 4.69) is 5.32 Å². The number of anilines is 1. The number of hydrogen-bond acceptors (Lipinski definition) is 6. The minimum absolute atomic E-state index is 0.126. The van der Waals surface area contributed by atoms with Crippen molar-refractivity contribution in [2.75, 3.05) is 19.5 Å². The molecule has 0 radical (unpaired) electrons. The highest BCUT2D eigenvalue weighted by atomic mass is 16.5. The fourth-order valence-electron chi connectivity index (χ4n) is 2.41. The maximum atomic E-state index is 12.1. The van der Waals surface area contributed by atoms with E-state index in [1.807, 2.05) is 0 Å². The average molecular weight is 397 g/mol. The van der Waals surface area contributed by atoms with Crippen molar-refractivity contribution in [3.05, 3.63) is 59.7 Å². The van der Waals surface area contributed by atoms with Crippen LogP contribution in [0.25, 0.3) is 6.08 Å². The van der Waals surface area contributed by atoms with Crippen LogP contribution in [0, 0.1) is 0 Å². The summed E-state index contributed by atoms with van der Waals surface area (Å²) in [7, 11) is 3.04. The standard InChI is InChI=1S/C21H19NO7/c1-28-18-8-6-13(10-19(18)29-2)7-9-20(25)22-15-5-3-4-14(11-15)16(23)12-17(24)21(26)27/h3-11H,12H2,1-2H3,(H,22,25)(H,26,27). The zero-order valence-corrected chi connectivity index (χ0v) is 15.8. The number of ketones is 2. The second-order valence-corrected chi connectivity index (χ2v) is 5.85. The minimum atomic E-state index is -1.66. The lowest BCUT2D eigenvalue weighted by atomic mass is 10.1. The zero-order chi connectivity index (χ0) is 21.4. The molecular weight excluding hydrogens is 378 g/mol. The van der Waals surface area contributed by atoms with E-state index < -0.39 is 29.9 Å². The maximum absolute atomic E-state index is 12.1. The highest BCUT2D eigenvalue weighted by Crippen LogP contribution is 2.28. The van der Waals surface area contributed by atoms with Gasteiger partial charge in [0.05, 0.1) is 20.6 Å². The Morgan fingerprint density at radius 2 is 1.72 bits per heavy atom. The van der Waals surface area contributed by atoms with E-state index in [9.17, 15) is 19.2 Å². The molecule has 2 aromatic rings. The summed E-state index contributed by atoms with van der Waals surface area (Å²) in [5.41, 5.74) is 1.18. The molecule has 0 fully saturated rings. The fraction of sp³-hybridized carbons (Fsp3) is 0.143. The van der Waals surface area contributed by atoms with Crippen molar-refractivity contribution in [3.8, 4) is 11.5 Å². The summed E-state index contributed by atoms with van der Waals surface area (Å²) in [5, 5.41) is 11.2. The predicted molar refractivity (Wildman–Crippen MR) is 105 cm³/mol. The Bertz CT molecular complexity index is 979. The topological polar surface area (TPSA) is 119 Å². The van der Waals surface area contributed by atoms with E-state index in [4.69, 9.17) is 14.6 Å². The molecule has 1 amide bonds. The molecule has 0 unspecified atom stereocenters. The number of Topliss-reactive ketones (excluding diaryl/α,β-unsaturated/α-hetero) is 2. The van der Waals surface area contributed by atoms with Crippen LogP contribution in [-0.2, 0) is 14.4 Å². The second kappa shape index (κ2) is 9.84. The third-order valence-electron chi connectivity index (χ3n) is 3.85. The van der Waals surface area contributed by atoms with Crippen molar-refractivity contribution in [3.63, 3.8) is 0 Å². The van der Waals surface area contributed by atoms with Gasteiger partial charge in [-0.3, -0.25) is 14.4 Å². The quantitative estimate of drug-likeness (QED) is 0.289. The highest BCUT2D eigenvalue weighted by molar-refractivity contribution is 6.37. The molecule has 0 aromatic heterocycles. The summed E-state index contributed by atoms with van der Waals surface area (Å²) in [6.07, 6.45) is 2.15. The van der Waals surface area contributed by atoms with E-state index in [1.165, 1.54) is 38.5 Å². The minimum Gasteiger partial charge on any atom is -0.493 e. The second-order valence-electron chi connectivity index (χ2n) is 5.85. The van der Waals surface area contributed by atoms with E-state index in [-0.39, 0.29) is 5.56 Å². The molecular formula is C21H19NO7. The van der Waals surface area contributed by atoms with Gasteiger partial charge in [0.25, 0.3) is 0 Å². The zero-order valence-electron chi connectivity index (χ0n) is 15.8. The Hall–Kier alpha value is -3.94. The summed E-state index contributed by atoms with van der Waals surface area (Å²) < 4.78 is 10.4. The third kappa shape index (κ3) is 6.03. The van der Waals surface area contributed by atoms with Crippen LogP contribution in [-0.4, -0.2) is 42.8 Å². The van der Waals surface area contributed by atoms with Gasteiger partial charge in [-0.2, -0.15) is 0 Å². The Kier molecular flexibility index (Phi) is 7.25. The lowest BCUT2D eigenvalue weighted by molar-refractivity contribution is -0.148. The van der Waals surface area contributed by atoms with Crippen LogP contribution in [0.3, 0.4) is 0 Å². The first kappa shape index (κ1) is 21.4. The summed E-state index contributed by atoms with van der Waals surface area (Å²) in [5.74, 6) is -2.85. The van der Waals surface area contributed by atoms with Crippen LogP contribution in [0.5, 0.6) is 11.5 Å². The molecule has 0 aliphatic heterocycles. The van der Waals surface area contributed by atoms with Gasteiger partial charge in [0.15, 0.2) is 17.3 Å². The van der Waals surface area contributed by atoms with Crippen LogP contribution in [0.1, 0.15) is 22.3 Å². The third-order valence-corrected chi connectivity index (χ3v) is 3.85. The molecule has 0 atom stereocenters. The predicted octanol–water partition coefficient (Wildman–Crippen LogP) is 2.58. The van der Waals surface area contributed by atoms with Crippen molar-refractivity contribution in [2.24, 2.45) is 0 Å². The number of carboxylic acids is 1. The molecule has 29 heavy (non-hydrogen) atoms. The number of benzene rings is 2. The Morgan fingerprint density at radius 3 is 2.38 bits per heavy atom. The average Bonchev–Trinajstić information content (AvgIpc) is 2.71. The lowest BCUT2D eigenvalue weighted by Gasteiger charge is -2.07. The molecule has 8 heteroatoms. The molecule has 0 saturated carbocycles. The number of carbonyl (C=O) groups is 4. The van der Waals surface area contributed by atoms with Crippen molar-refractivity contribution in [2.45, 2.75) is 6.42 Å². The van der Waals surface area contributed by atoms with Gasteiger partial charge in [-0.05, 0) is 35.9 Å². The molecule has 8 nitrogen and oxygen atoms in total. The van der Waals surface area contributed by atoms with E-state index in [0.717, 1.165) is 0 Å². The first-order valence-electron chi connectivity index (χ1n) is 8.44. The first-order valence-corrected chi connectivity index (χ1v) is 8.44. The number of carboxylic acid groups (broad SMARTS) is 1. The van der Waals surface area contributed by atoms with Crippen LogP contribution >= 0.6 is 0 Å². The number of hydrogen-bond donors (Lipinski definition) is 2. The van der Waals surface area contributed by atoms with E-state index >= 15 is 0 Å². The molecule has 0 aliphatic carbocycles. The van der Waals surface area contributed by atoms with Gasteiger partial charge in [0, 0.05) is 17.3 Å². The molecule has 0 heterocycles. The van der Waals surface area contributed by atoms with Crippen molar-refractivity contribution < 1.29 is 33.8 Å². The number of carbonyl (C=O) groups excluding carboxylic acids is 3. The fourth-order valence-corrected chi connectivity index (χ4v) is 2.41. The first-order chi connectivity index (χ1) is 13.8. The largest absolute Gasteiger partial charge is 0.493 e. The van der Waals surface area contributed by atoms with Gasteiger partial charge in [0.2, 0.25) is 11.7 Å². The van der Waals surface area contributed by atoms with Crippen LogP contribution in [0.4, 0.5) is 5.69 Å². The molecule has 0 aliphatic rings. The molecule has 0 spiro atoms. The Morgan fingerprint density at radius 1 is 1.00 bits per heavy atom. The molecule has 0 saturated heterocycles. The van der Waals surface area contributed by atoms with Crippen LogP contribution < -0.4 is 14.8 Å². The number of methoxy groups -OCH3 is 2. The van der Waals surface area contributed by atoms with Crippen LogP contribution in [0.15, 0.2) is 48.5 Å². The van der Waals surface area contributed by atoms with Gasteiger partial charge in [0.1, 0.15) is 0 Å². The maximum Gasteiger partial charge on any atom is 0.372 e. The van der Waals surface area contributed by atoms with Crippen molar-refractivity contribution in [1.29, 1.82) is 0 Å². The van der Waals surface area contributed by atoms with Crippen molar-refractivity contribution in [1.82, 2.24) is 0 Å². The summed E-state index contributed by atoms with van der Waals surface area (Å²) >= 11 is 0. The molecule has 150 valence electrons. The van der Waals surface area contributed by atoms with Gasteiger partial charge in [-0.1, -0.05) is 18.2 Å².